The van der Waals surface area contributed by atoms with Gasteiger partial charge < -0.3 is 15.1 Å². The van der Waals surface area contributed by atoms with Crippen LogP contribution >= 0.6 is 15.9 Å². The van der Waals surface area contributed by atoms with Crippen molar-refractivity contribution in [2.24, 2.45) is 0 Å². The van der Waals surface area contributed by atoms with Gasteiger partial charge in [0.25, 0.3) is 5.91 Å². The molecule has 0 saturated carbocycles. The Morgan fingerprint density at radius 3 is 2.93 bits per heavy atom. The predicted octanol–water partition coefficient (Wildman–Crippen LogP) is 1.38. The number of rotatable bonds is 5. The van der Waals surface area contributed by atoms with Gasteiger partial charge >= 0.3 is 0 Å². The number of carbonyl (C=O) groups excluding carboxylic acids is 1. The van der Waals surface area contributed by atoms with Crippen molar-refractivity contribution in [3.8, 4) is 0 Å². The minimum absolute atomic E-state index is 0.110. The van der Waals surface area contributed by atoms with Gasteiger partial charge in [-0.25, -0.2) is 0 Å². The minimum Gasteiger partial charge on any atom is -0.457 e. The number of nitrogens with one attached hydrogen (secondary N) is 2. The van der Waals surface area contributed by atoms with Crippen LogP contribution in [0.3, 0.4) is 0 Å². The van der Waals surface area contributed by atoms with Crippen LogP contribution < -0.4 is 10.6 Å². The number of amides is 1. The zero-order valence-electron chi connectivity index (χ0n) is 7.97. The van der Waals surface area contributed by atoms with Gasteiger partial charge in [-0.3, -0.25) is 4.79 Å². The molecule has 78 valence electrons. The monoisotopic (exact) mass is 260 g/mol. The first kappa shape index (κ1) is 11.3. The summed E-state index contributed by atoms with van der Waals surface area (Å²) in [5, 5.41) is 5.80. The van der Waals surface area contributed by atoms with Crippen LogP contribution in [0.1, 0.15) is 16.8 Å². The zero-order chi connectivity index (χ0) is 10.4. The van der Waals surface area contributed by atoms with Gasteiger partial charge in [0.05, 0.1) is 11.8 Å². The van der Waals surface area contributed by atoms with Gasteiger partial charge in [0.15, 0.2) is 4.67 Å². The lowest BCUT2D eigenvalue weighted by molar-refractivity contribution is 0.0951. The molecular formula is C9H13BrN2O2. The summed E-state index contributed by atoms with van der Waals surface area (Å²) in [5.41, 5.74) is 0.537. The van der Waals surface area contributed by atoms with Gasteiger partial charge in [-0.15, -0.1) is 0 Å². The molecule has 0 aliphatic rings. The van der Waals surface area contributed by atoms with Crippen molar-refractivity contribution in [1.82, 2.24) is 10.6 Å². The average Bonchev–Trinajstić information content (AvgIpc) is 2.59. The van der Waals surface area contributed by atoms with E-state index < -0.39 is 0 Å². The zero-order valence-corrected chi connectivity index (χ0v) is 9.56. The van der Waals surface area contributed by atoms with E-state index in [0.717, 1.165) is 13.0 Å². The van der Waals surface area contributed by atoms with E-state index in [4.69, 9.17) is 4.42 Å². The summed E-state index contributed by atoms with van der Waals surface area (Å²) < 4.78 is 5.43. The SMILES string of the molecule is CNCCCNC(=O)c1ccoc1Br. The van der Waals surface area contributed by atoms with Crippen LogP contribution in [0.15, 0.2) is 21.4 Å². The molecule has 0 aliphatic carbocycles. The van der Waals surface area contributed by atoms with E-state index in [1.54, 1.807) is 6.07 Å². The third-order valence-electron chi connectivity index (χ3n) is 1.75. The maximum Gasteiger partial charge on any atom is 0.255 e. The summed E-state index contributed by atoms with van der Waals surface area (Å²) in [5.74, 6) is -0.110. The summed E-state index contributed by atoms with van der Waals surface area (Å²) >= 11 is 3.15. The second-order valence-electron chi connectivity index (χ2n) is 2.82. The Balaban J connectivity index is 2.32. The highest BCUT2D eigenvalue weighted by molar-refractivity contribution is 9.10. The highest BCUT2D eigenvalue weighted by Crippen LogP contribution is 2.16. The molecule has 4 nitrogen and oxygen atoms in total. The molecule has 1 heterocycles. The van der Waals surface area contributed by atoms with Crippen molar-refractivity contribution in [2.75, 3.05) is 20.1 Å². The molecule has 0 saturated heterocycles. The smallest absolute Gasteiger partial charge is 0.255 e. The molecule has 0 spiro atoms. The maximum absolute atomic E-state index is 11.5. The molecule has 0 aromatic carbocycles. The third kappa shape index (κ3) is 3.16. The fraction of sp³-hybridized carbons (Fsp3) is 0.444. The van der Waals surface area contributed by atoms with Crippen molar-refractivity contribution in [2.45, 2.75) is 6.42 Å². The first-order valence-electron chi connectivity index (χ1n) is 4.41. The lowest BCUT2D eigenvalue weighted by Crippen LogP contribution is -2.26. The van der Waals surface area contributed by atoms with E-state index in [2.05, 4.69) is 26.6 Å². The molecule has 0 radical (unpaired) electrons. The first-order chi connectivity index (χ1) is 6.75. The predicted molar refractivity (Wildman–Crippen MR) is 57.3 cm³/mol. The molecule has 0 unspecified atom stereocenters. The van der Waals surface area contributed by atoms with Crippen LogP contribution in [-0.2, 0) is 0 Å². The molecule has 1 rings (SSSR count). The maximum atomic E-state index is 11.5. The molecule has 1 aromatic rings. The molecule has 5 heteroatoms. The van der Waals surface area contributed by atoms with Crippen molar-refractivity contribution in [1.29, 1.82) is 0 Å². The van der Waals surface area contributed by atoms with Crippen molar-refractivity contribution in [3.63, 3.8) is 0 Å². The second kappa shape index (κ2) is 5.82. The van der Waals surface area contributed by atoms with Gasteiger partial charge in [-0.2, -0.15) is 0 Å². The number of carbonyl (C=O) groups is 1. The van der Waals surface area contributed by atoms with Crippen LogP contribution in [-0.4, -0.2) is 26.0 Å². The highest BCUT2D eigenvalue weighted by atomic mass is 79.9. The fourth-order valence-corrected chi connectivity index (χ4v) is 1.44. The molecule has 0 atom stereocenters. The van der Waals surface area contributed by atoms with E-state index in [1.165, 1.54) is 6.26 Å². The topological polar surface area (TPSA) is 54.3 Å². The van der Waals surface area contributed by atoms with Crippen molar-refractivity contribution >= 4 is 21.8 Å². The molecule has 1 aromatic heterocycles. The number of hydrogen-bond acceptors (Lipinski definition) is 3. The largest absolute Gasteiger partial charge is 0.457 e. The van der Waals surface area contributed by atoms with E-state index in [0.29, 0.717) is 16.8 Å². The van der Waals surface area contributed by atoms with E-state index in [-0.39, 0.29) is 5.91 Å². The van der Waals surface area contributed by atoms with Crippen LogP contribution in [0.5, 0.6) is 0 Å². The second-order valence-corrected chi connectivity index (χ2v) is 3.54. The molecule has 2 N–H and O–H groups in total. The summed E-state index contributed by atoms with van der Waals surface area (Å²) in [6.07, 6.45) is 2.39. The van der Waals surface area contributed by atoms with Crippen LogP contribution in [0.25, 0.3) is 0 Å². The Kier molecular flexibility index (Phi) is 4.69. The summed E-state index contributed by atoms with van der Waals surface area (Å²) in [7, 11) is 1.88. The summed E-state index contributed by atoms with van der Waals surface area (Å²) in [6, 6.07) is 1.64. The lowest BCUT2D eigenvalue weighted by Gasteiger charge is -2.02. The van der Waals surface area contributed by atoms with Gasteiger partial charge in [0.1, 0.15) is 0 Å². The quantitative estimate of drug-likeness (QED) is 0.787. The Bertz CT molecular complexity index is 299. The van der Waals surface area contributed by atoms with Crippen LogP contribution in [0, 0.1) is 0 Å². The first-order valence-corrected chi connectivity index (χ1v) is 5.21. The Labute approximate surface area is 91.2 Å². The molecule has 1 amide bonds. The van der Waals surface area contributed by atoms with Gasteiger partial charge in [-0.1, -0.05) is 0 Å². The Morgan fingerprint density at radius 2 is 2.36 bits per heavy atom. The standard InChI is InChI=1S/C9H13BrN2O2/c1-11-4-2-5-12-9(13)7-3-6-14-8(7)10/h3,6,11H,2,4-5H2,1H3,(H,12,13). The molecule has 0 aliphatic heterocycles. The Hall–Kier alpha value is -0.810. The fourth-order valence-electron chi connectivity index (χ4n) is 1.02. The van der Waals surface area contributed by atoms with Crippen molar-refractivity contribution < 1.29 is 9.21 Å². The van der Waals surface area contributed by atoms with Crippen LogP contribution in [0.4, 0.5) is 0 Å². The minimum atomic E-state index is -0.110. The van der Waals surface area contributed by atoms with Gasteiger partial charge in [-0.05, 0) is 42.0 Å². The lowest BCUT2D eigenvalue weighted by atomic mass is 10.3. The summed E-state index contributed by atoms with van der Waals surface area (Å²) in [6.45, 7) is 1.56. The average molecular weight is 261 g/mol. The molecule has 0 bridgehead atoms. The molecule has 14 heavy (non-hydrogen) atoms. The Morgan fingerprint density at radius 1 is 1.57 bits per heavy atom. The highest BCUT2D eigenvalue weighted by Gasteiger charge is 2.10. The molecular weight excluding hydrogens is 248 g/mol. The third-order valence-corrected chi connectivity index (χ3v) is 2.37. The van der Waals surface area contributed by atoms with Crippen molar-refractivity contribution in [3.05, 3.63) is 22.6 Å². The van der Waals surface area contributed by atoms with E-state index >= 15 is 0 Å². The number of furan rings is 1. The number of hydrogen-bond donors (Lipinski definition) is 2. The normalized spacial score (nSPS) is 10.1. The molecule has 0 fully saturated rings. The van der Waals surface area contributed by atoms with Crippen LogP contribution in [0.2, 0.25) is 0 Å². The number of halogens is 1. The van der Waals surface area contributed by atoms with Gasteiger partial charge in [0, 0.05) is 6.54 Å². The van der Waals surface area contributed by atoms with E-state index in [1.807, 2.05) is 7.05 Å². The summed E-state index contributed by atoms with van der Waals surface area (Å²) in [4.78, 5) is 11.5. The van der Waals surface area contributed by atoms with E-state index in [9.17, 15) is 4.79 Å². The van der Waals surface area contributed by atoms with Gasteiger partial charge in [0.2, 0.25) is 0 Å².